The Kier molecular flexibility index (Phi) is 5.60. The summed E-state index contributed by atoms with van der Waals surface area (Å²) in [6.07, 6.45) is 0.265. The van der Waals surface area contributed by atoms with Crippen molar-refractivity contribution in [3.8, 4) is 0 Å². The highest BCUT2D eigenvalue weighted by molar-refractivity contribution is 5.76. The van der Waals surface area contributed by atoms with Gasteiger partial charge in [-0.3, -0.25) is 4.79 Å². The number of nitrogens with zero attached hydrogens (tertiary/aromatic N) is 1. The second-order valence-corrected chi connectivity index (χ2v) is 5.65. The van der Waals surface area contributed by atoms with Crippen LogP contribution in [0.2, 0.25) is 0 Å². The van der Waals surface area contributed by atoms with Crippen LogP contribution in [0.15, 0.2) is 0 Å². The molecule has 0 aromatic heterocycles. The molecule has 1 fully saturated rings. The van der Waals surface area contributed by atoms with E-state index in [1.54, 1.807) is 4.90 Å². The summed E-state index contributed by atoms with van der Waals surface area (Å²) in [6, 6.07) is -0.294. The molecule has 3 N–H and O–H groups in total. The highest BCUT2D eigenvalue weighted by atomic mass is 16.4. The molecule has 19 heavy (non-hydrogen) atoms. The minimum atomic E-state index is -0.900. The van der Waals surface area contributed by atoms with Gasteiger partial charge in [0.25, 0.3) is 0 Å². The lowest BCUT2D eigenvalue weighted by Crippen LogP contribution is -2.51. The lowest BCUT2D eigenvalue weighted by Gasteiger charge is -2.34. The van der Waals surface area contributed by atoms with Crippen LogP contribution in [0, 0.1) is 17.8 Å². The van der Waals surface area contributed by atoms with Crippen LogP contribution in [-0.2, 0) is 4.79 Å². The molecule has 0 saturated carbocycles. The van der Waals surface area contributed by atoms with Crippen LogP contribution in [0.4, 0.5) is 4.79 Å². The van der Waals surface area contributed by atoms with E-state index < -0.39 is 18.0 Å². The number of urea groups is 1. The van der Waals surface area contributed by atoms with Crippen molar-refractivity contribution in [3.05, 3.63) is 0 Å². The summed E-state index contributed by atoms with van der Waals surface area (Å²) in [6.45, 7) is 6.62. The highest BCUT2D eigenvalue weighted by Crippen LogP contribution is 2.17. The van der Waals surface area contributed by atoms with Crippen LogP contribution in [0.5, 0.6) is 0 Å². The van der Waals surface area contributed by atoms with Crippen LogP contribution in [-0.4, -0.2) is 52.9 Å². The zero-order chi connectivity index (χ0) is 14.6. The number of likely N-dealkylation sites (tertiary alicyclic amines) is 1. The number of hydrogen-bond donors (Lipinski definition) is 3. The van der Waals surface area contributed by atoms with Crippen molar-refractivity contribution in [2.75, 3.05) is 19.6 Å². The topological polar surface area (TPSA) is 89.9 Å². The molecular formula is C13H24N2O4. The molecular weight excluding hydrogens is 248 g/mol. The van der Waals surface area contributed by atoms with E-state index in [4.69, 9.17) is 5.11 Å². The highest BCUT2D eigenvalue weighted by Gasteiger charge is 2.28. The number of aliphatic hydroxyl groups is 1. The maximum absolute atomic E-state index is 11.9. The summed E-state index contributed by atoms with van der Waals surface area (Å²) in [4.78, 5) is 24.5. The van der Waals surface area contributed by atoms with Crippen LogP contribution < -0.4 is 5.32 Å². The summed E-state index contributed by atoms with van der Waals surface area (Å²) in [5, 5.41) is 21.4. The van der Waals surface area contributed by atoms with Gasteiger partial charge in [-0.25, -0.2) is 4.79 Å². The van der Waals surface area contributed by atoms with E-state index in [-0.39, 0.29) is 24.4 Å². The lowest BCUT2D eigenvalue weighted by atomic mass is 9.95. The fraction of sp³-hybridized carbons (Fsp3) is 0.846. The number of piperidine rings is 1. The largest absolute Gasteiger partial charge is 0.481 e. The summed E-state index contributed by atoms with van der Waals surface area (Å²) in [5.74, 6) is -1.32. The van der Waals surface area contributed by atoms with Crippen LogP contribution in [0.1, 0.15) is 27.2 Å². The zero-order valence-electron chi connectivity index (χ0n) is 11.8. The number of amides is 2. The molecule has 1 rings (SSSR count). The molecule has 3 unspecified atom stereocenters. The third kappa shape index (κ3) is 4.38. The Bertz CT molecular complexity index is 333. The van der Waals surface area contributed by atoms with Crippen molar-refractivity contribution in [2.24, 2.45) is 17.8 Å². The molecule has 0 aromatic carbocycles. The second kappa shape index (κ2) is 6.75. The maximum atomic E-state index is 11.9. The molecule has 0 aromatic rings. The number of nitrogens with one attached hydrogen (secondary N) is 1. The van der Waals surface area contributed by atoms with Gasteiger partial charge in [0.15, 0.2) is 0 Å². The fourth-order valence-electron chi connectivity index (χ4n) is 2.15. The molecule has 6 nitrogen and oxygen atoms in total. The monoisotopic (exact) mass is 272 g/mol. The van der Waals surface area contributed by atoms with Crippen molar-refractivity contribution >= 4 is 12.0 Å². The normalized spacial score (nSPS) is 25.2. The van der Waals surface area contributed by atoms with Crippen molar-refractivity contribution in [1.29, 1.82) is 0 Å². The standard InChI is InChI=1S/C13H24N2O4/c1-8(2)10(12(17)18)6-14-13(19)15-5-4-9(3)11(16)7-15/h8-11,16H,4-7H2,1-3H3,(H,14,19)(H,17,18). The first kappa shape index (κ1) is 15.8. The van der Waals surface area contributed by atoms with E-state index in [1.807, 2.05) is 20.8 Å². The number of rotatable bonds is 4. The van der Waals surface area contributed by atoms with Crippen LogP contribution in [0.3, 0.4) is 0 Å². The molecule has 3 atom stereocenters. The van der Waals surface area contributed by atoms with Crippen molar-refractivity contribution in [3.63, 3.8) is 0 Å². The summed E-state index contributed by atoms with van der Waals surface area (Å²) in [5.41, 5.74) is 0. The molecule has 1 aliphatic heterocycles. The first-order valence-corrected chi connectivity index (χ1v) is 6.76. The number of carboxylic acids is 1. The van der Waals surface area contributed by atoms with Gasteiger partial charge in [0.05, 0.1) is 12.0 Å². The average Bonchev–Trinajstić information content (AvgIpc) is 2.31. The first-order valence-electron chi connectivity index (χ1n) is 6.76. The van der Waals surface area contributed by atoms with Crippen LogP contribution >= 0.6 is 0 Å². The van der Waals surface area contributed by atoms with Gasteiger partial charge in [-0.05, 0) is 18.3 Å². The van der Waals surface area contributed by atoms with E-state index in [2.05, 4.69) is 5.32 Å². The average molecular weight is 272 g/mol. The van der Waals surface area contributed by atoms with Gasteiger partial charge < -0.3 is 20.4 Å². The molecule has 1 saturated heterocycles. The predicted molar refractivity (Wildman–Crippen MR) is 70.7 cm³/mol. The summed E-state index contributed by atoms with van der Waals surface area (Å²) in [7, 11) is 0. The Labute approximate surface area is 113 Å². The summed E-state index contributed by atoms with van der Waals surface area (Å²) >= 11 is 0. The third-order valence-electron chi connectivity index (χ3n) is 3.80. The van der Waals surface area contributed by atoms with Crippen molar-refractivity contribution in [1.82, 2.24) is 10.2 Å². The zero-order valence-corrected chi connectivity index (χ0v) is 11.8. The number of aliphatic hydroxyl groups excluding tert-OH is 1. The number of aliphatic carboxylic acids is 1. The number of carbonyl (C=O) groups excluding carboxylic acids is 1. The molecule has 1 aliphatic rings. The molecule has 0 spiro atoms. The molecule has 0 bridgehead atoms. The van der Waals surface area contributed by atoms with Gasteiger partial charge in [0.2, 0.25) is 0 Å². The van der Waals surface area contributed by atoms with E-state index in [0.717, 1.165) is 6.42 Å². The Morgan fingerprint density at radius 2 is 2.05 bits per heavy atom. The SMILES string of the molecule is CC(C)C(CNC(=O)N1CCC(C)C(O)C1)C(=O)O. The Morgan fingerprint density at radius 1 is 1.42 bits per heavy atom. The van der Waals surface area contributed by atoms with Gasteiger partial charge in [-0.1, -0.05) is 20.8 Å². The van der Waals surface area contributed by atoms with Crippen molar-refractivity contribution < 1.29 is 19.8 Å². The fourth-order valence-corrected chi connectivity index (χ4v) is 2.15. The van der Waals surface area contributed by atoms with E-state index >= 15 is 0 Å². The summed E-state index contributed by atoms with van der Waals surface area (Å²) < 4.78 is 0. The van der Waals surface area contributed by atoms with Gasteiger partial charge >= 0.3 is 12.0 Å². The van der Waals surface area contributed by atoms with Gasteiger partial charge in [0.1, 0.15) is 0 Å². The molecule has 0 radical (unpaired) electrons. The Balaban J connectivity index is 2.45. The molecule has 0 aliphatic carbocycles. The second-order valence-electron chi connectivity index (χ2n) is 5.65. The molecule has 2 amide bonds. The van der Waals surface area contributed by atoms with E-state index in [9.17, 15) is 14.7 Å². The number of carboxylic acid groups (broad SMARTS) is 1. The first-order chi connectivity index (χ1) is 8.82. The van der Waals surface area contributed by atoms with Crippen LogP contribution in [0.25, 0.3) is 0 Å². The smallest absolute Gasteiger partial charge is 0.317 e. The predicted octanol–water partition coefficient (Wildman–Crippen LogP) is 0.755. The third-order valence-corrected chi connectivity index (χ3v) is 3.80. The van der Waals surface area contributed by atoms with Gasteiger partial charge in [0, 0.05) is 19.6 Å². The maximum Gasteiger partial charge on any atom is 0.317 e. The Hall–Kier alpha value is -1.30. The van der Waals surface area contributed by atoms with E-state index in [0.29, 0.717) is 13.1 Å². The van der Waals surface area contributed by atoms with Gasteiger partial charge in [-0.2, -0.15) is 0 Å². The molecule has 1 heterocycles. The lowest BCUT2D eigenvalue weighted by molar-refractivity contribution is -0.142. The number of carbonyl (C=O) groups is 2. The van der Waals surface area contributed by atoms with Crippen molar-refractivity contribution in [2.45, 2.75) is 33.3 Å². The molecule has 110 valence electrons. The quantitative estimate of drug-likeness (QED) is 0.704. The minimum absolute atomic E-state index is 0.0373. The Morgan fingerprint density at radius 3 is 2.53 bits per heavy atom. The number of β-amino-alcohol motifs (C(OH)–C–C–N with tert-alkyl or cyclic N) is 1. The molecule has 6 heteroatoms. The number of hydrogen-bond acceptors (Lipinski definition) is 3. The van der Waals surface area contributed by atoms with E-state index in [1.165, 1.54) is 0 Å². The van der Waals surface area contributed by atoms with Gasteiger partial charge in [-0.15, -0.1) is 0 Å². The minimum Gasteiger partial charge on any atom is -0.481 e.